The van der Waals surface area contributed by atoms with Crippen molar-refractivity contribution in [1.29, 1.82) is 0 Å². The van der Waals surface area contributed by atoms with Gasteiger partial charge in [0, 0.05) is 43.4 Å². The van der Waals surface area contributed by atoms with Crippen LogP contribution in [0.2, 0.25) is 0 Å². The number of carbonyl (C=O) groups is 1. The highest BCUT2D eigenvalue weighted by molar-refractivity contribution is 5.91. The zero-order valence-corrected chi connectivity index (χ0v) is 19.4. The summed E-state index contributed by atoms with van der Waals surface area (Å²) in [6.45, 7) is 1.02. The molecule has 2 aromatic carbocycles. The van der Waals surface area contributed by atoms with Gasteiger partial charge in [-0.3, -0.25) is 9.78 Å². The second-order valence-electron chi connectivity index (χ2n) is 7.90. The van der Waals surface area contributed by atoms with Crippen LogP contribution in [-0.4, -0.2) is 36.6 Å². The average Bonchev–Trinajstić information content (AvgIpc) is 3.35. The van der Waals surface area contributed by atoms with Gasteiger partial charge in [-0.05, 0) is 48.0 Å². The van der Waals surface area contributed by atoms with Crippen molar-refractivity contribution < 1.29 is 18.7 Å². The molecular formula is C28H28N2O4. The van der Waals surface area contributed by atoms with Crippen LogP contribution in [-0.2, 0) is 19.4 Å². The number of ether oxygens (including phenoxy) is 2. The van der Waals surface area contributed by atoms with Gasteiger partial charge in [-0.1, -0.05) is 36.4 Å². The smallest absolute Gasteiger partial charge is 0.289 e. The molecular weight excluding hydrogens is 428 g/mol. The van der Waals surface area contributed by atoms with Crippen molar-refractivity contribution in [3.05, 3.63) is 113 Å². The highest BCUT2D eigenvalue weighted by atomic mass is 16.5. The van der Waals surface area contributed by atoms with Crippen molar-refractivity contribution in [2.45, 2.75) is 19.4 Å². The molecule has 0 aliphatic carbocycles. The molecule has 0 saturated carbocycles. The molecule has 6 nitrogen and oxygen atoms in total. The predicted molar refractivity (Wildman–Crippen MR) is 130 cm³/mol. The fraction of sp³-hybridized carbons (Fsp3) is 0.214. The molecule has 34 heavy (non-hydrogen) atoms. The summed E-state index contributed by atoms with van der Waals surface area (Å²) in [5.74, 6) is 2.32. The van der Waals surface area contributed by atoms with E-state index in [4.69, 9.17) is 13.9 Å². The van der Waals surface area contributed by atoms with E-state index in [1.54, 1.807) is 31.4 Å². The van der Waals surface area contributed by atoms with Crippen molar-refractivity contribution >= 4 is 5.91 Å². The lowest BCUT2D eigenvalue weighted by Gasteiger charge is -2.22. The number of rotatable bonds is 10. The molecule has 0 aliphatic rings. The van der Waals surface area contributed by atoms with Crippen molar-refractivity contribution in [3.8, 4) is 11.5 Å². The Morgan fingerprint density at radius 3 is 2.50 bits per heavy atom. The van der Waals surface area contributed by atoms with Gasteiger partial charge in [-0.25, -0.2) is 0 Å². The lowest BCUT2D eigenvalue weighted by Crippen LogP contribution is -2.32. The first-order valence-electron chi connectivity index (χ1n) is 11.2. The van der Waals surface area contributed by atoms with Crippen molar-refractivity contribution in [1.82, 2.24) is 9.88 Å². The lowest BCUT2D eigenvalue weighted by molar-refractivity contribution is 0.0710. The molecule has 0 fully saturated rings. The summed E-state index contributed by atoms with van der Waals surface area (Å²) in [7, 11) is 3.26. The summed E-state index contributed by atoms with van der Waals surface area (Å²) >= 11 is 0. The summed E-state index contributed by atoms with van der Waals surface area (Å²) in [4.78, 5) is 19.6. The number of pyridine rings is 1. The molecule has 2 aromatic heterocycles. The Morgan fingerprint density at radius 2 is 1.76 bits per heavy atom. The number of aromatic nitrogens is 1. The molecule has 4 rings (SSSR count). The normalized spacial score (nSPS) is 10.6. The van der Waals surface area contributed by atoms with Gasteiger partial charge in [0.25, 0.3) is 5.91 Å². The summed E-state index contributed by atoms with van der Waals surface area (Å²) in [6.07, 6.45) is 2.92. The van der Waals surface area contributed by atoms with Crippen LogP contribution in [0.25, 0.3) is 0 Å². The van der Waals surface area contributed by atoms with Crippen LogP contribution in [0.1, 0.15) is 33.1 Å². The van der Waals surface area contributed by atoms with E-state index in [2.05, 4.69) is 4.98 Å². The monoisotopic (exact) mass is 456 g/mol. The first kappa shape index (κ1) is 23.1. The average molecular weight is 457 g/mol. The molecule has 174 valence electrons. The van der Waals surface area contributed by atoms with E-state index in [0.717, 1.165) is 28.3 Å². The maximum Gasteiger partial charge on any atom is 0.289 e. The molecule has 0 atom stereocenters. The Labute approximate surface area is 199 Å². The fourth-order valence-electron chi connectivity index (χ4n) is 3.80. The Balaban J connectivity index is 1.52. The van der Waals surface area contributed by atoms with Crippen molar-refractivity contribution in [2.24, 2.45) is 0 Å². The van der Waals surface area contributed by atoms with Gasteiger partial charge in [0.15, 0.2) is 5.76 Å². The third-order valence-electron chi connectivity index (χ3n) is 5.59. The third-order valence-corrected chi connectivity index (χ3v) is 5.59. The SMILES string of the molecule is COc1ccc(OC)c(Cc2ccc(C(=O)N(CCc3ccccn3)Cc3ccccc3)o2)c1. The third kappa shape index (κ3) is 5.84. The van der Waals surface area contributed by atoms with E-state index in [-0.39, 0.29) is 5.91 Å². The Bertz CT molecular complexity index is 1210. The van der Waals surface area contributed by atoms with Crippen LogP contribution < -0.4 is 9.47 Å². The molecule has 0 N–H and O–H groups in total. The molecule has 0 saturated heterocycles. The van der Waals surface area contributed by atoms with E-state index < -0.39 is 0 Å². The zero-order chi connectivity index (χ0) is 23.8. The van der Waals surface area contributed by atoms with Gasteiger partial charge < -0.3 is 18.8 Å². The molecule has 1 amide bonds. The first-order valence-corrected chi connectivity index (χ1v) is 11.2. The molecule has 6 heteroatoms. The number of furan rings is 1. The van der Waals surface area contributed by atoms with Crippen molar-refractivity contribution in [2.75, 3.05) is 20.8 Å². The second kappa shape index (κ2) is 11.2. The minimum atomic E-state index is -0.149. The molecule has 0 aliphatic heterocycles. The van der Waals surface area contributed by atoms with Crippen LogP contribution >= 0.6 is 0 Å². The number of carbonyl (C=O) groups excluding carboxylic acids is 1. The highest BCUT2D eigenvalue weighted by Crippen LogP contribution is 2.27. The van der Waals surface area contributed by atoms with Gasteiger partial charge in [-0.15, -0.1) is 0 Å². The summed E-state index contributed by atoms with van der Waals surface area (Å²) in [6, 6.07) is 25.0. The van der Waals surface area contributed by atoms with Crippen LogP contribution in [0, 0.1) is 0 Å². The molecule has 4 aromatic rings. The molecule has 0 bridgehead atoms. The van der Waals surface area contributed by atoms with Gasteiger partial charge in [0.1, 0.15) is 17.3 Å². The maximum atomic E-state index is 13.4. The van der Waals surface area contributed by atoms with Crippen molar-refractivity contribution in [3.63, 3.8) is 0 Å². The van der Waals surface area contributed by atoms with Crippen LogP contribution in [0.15, 0.2) is 89.5 Å². The molecule has 0 radical (unpaired) electrons. The largest absolute Gasteiger partial charge is 0.497 e. The number of amides is 1. The molecule has 2 heterocycles. The second-order valence-corrected chi connectivity index (χ2v) is 7.90. The van der Waals surface area contributed by atoms with Crippen LogP contribution in [0.5, 0.6) is 11.5 Å². The van der Waals surface area contributed by atoms with E-state index in [1.807, 2.05) is 72.8 Å². The van der Waals surface area contributed by atoms with Gasteiger partial charge in [0.2, 0.25) is 0 Å². The van der Waals surface area contributed by atoms with E-state index in [0.29, 0.717) is 37.5 Å². The number of nitrogens with zero attached hydrogens (tertiary/aromatic N) is 2. The van der Waals surface area contributed by atoms with E-state index in [9.17, 15) is 4.79 Å². The standard InChI is InChI=1S/C28H28N2O4/c1-32-24-11-13-26(33-2)22(18-24)19-25-12-14-27(34-25)28(31)30(20-21-8-4-3-5-9-21)17-15-23-10-6-7-16-29-23/h3-14,16,18H,15,17,19-20H2,1-2H3. The van der Waals surface area contributed by atoms with Crippen LogP contribution in [0.3, 0.4) is 0 Å². The summed E-state index contributed by atoms with van der Waals surface area (Å²) in [5.41, 5.74) is 2.93. The Kier molecular flexibility index (Phi) is 7.60. The topological polar surface area (TPSA) is 64.8 Å². The molecule has 0 unspecified atom stereocenters. The number of hydrogen-bond donors (Lipinski definition) is 0. The number of hydrogen-bond acceptors (Lipinski definition) is 5. The minimum Gasteiger partial charge on any atom is -0.497 e. The highest BCUT2D eigenvalue weighted by Gasteiger charge is 2.20. The lowest BCUT2D eigenvalue weighted by atomic mass is 10.1. The number of methoxy groups -OCH3 is 2. The zero-order valence-electron chi connectivity index (χ0n) is 19.4. The van der Waals surface area contributed by atoms with Gasteiger partial charge in [0.05, 0.1) is 14.2 Å². The van der Waals surface area contributed by atoms with Gasteiger partial charge >= 0.3 is 0 Å². The quantitative estimate of drug-likeness (QED) is 0.330. The summed E-state index contributed by atoms with van der Waals surface area (Å²) in [5, 5.41) is 0. The minimum absolute atomic E-state index is 0.149. The Morgan fingerprint density at radius 1 is 0.941 bits per heavy atom. The van der Waals surface area contributed by atoms with Gasteiger partial charge in [-0.2, -0.15) is 0 Å². The summed E-state index contributed by atoms with van der Waals surface area (Å²) < 4.78 is 16.8. The Hall–Kier alpha value is -4.06. The fourth-order valence-corrected chi connectivity index (χ4v) is 3.80. The first-order chi connectivity index (χ1) is 16.7. The molecule has 0 spiro atoms. The maximum absolute atomic E-state index is 13.4. The van der Waals surface area contributed by atoms with Crippen LogP contribution in [0.4, 0.5) is 0 Å². The number of benzene rings is 2. The van der Waals surface area contributed by atoms with E-state index >= 15 is 0 Å². The van der Waals surface area contributed by atoms with E-state index in [1.165, 1.54) is 0 Å². The predicted octanol–water partition coefficient (Wildman–Crippen LogP) is 5.17.